The van der Waals surface area contributed by atoms with E-state index in [1.807, 2.05) is 0 Å². The van der Waals surface area contributed by atoms with Crippen LogP contribution in [0.4, 0.5) is 5.69 Å². The highest BCUT2D eigenvalue weighted by molar-refractivity contribution is 7.85. The summed E-state index contributed by atoms with van der Waals surface area (Å²) in [5.41, 5.74) is -0.517. The molecule has 0 heterocycles. The molecule has 1 rings (SSSR count). The standard InChI is InChI=1S/C7H5Cl2NO5S/c8-6-2-5(10(11)12)1-4(7(6)9)3-16(13,14)15/h1-2H,3H2,(H,13,14,15). The third-order valence-electron chi connectivity index (χ3n) is 1.64. The number of hydrogen-bond donors (Lipinski definition) is 1. The second-order valence-corrected chi connectivity index (χ2v) is 5.12. The van der Waals surface area contributed by atoms with Gasteiger partial charge in [-0.15, -0.1) is 0 Å². The molecular formula is C7H5Cl2NO5S. The van der Waals surface area contributed by atoms with Gasteiger partial charge in [0.2, 0.25) is 0 Å². The van der Waals surface area contributed by atoms with E-state index in [2.05, 4.69) is 0 Å². The van der Waals surface area contributed by atoms with Crippen LogP contribution >= 0.6 is 23.2 Å². The van der Waals surface area contributed by atoms with Gasteiger partial charge >= 0.3 is 0 Å². The van der Waals surface area contributed by atoms with E-state index in [0.717, 1.165) is 12.1 Å². The molecule has 1 N–H and O–H groups in total. The third-order valence-corrected chi connectivity index (χ3v) is 3.15. The first-order valence-electron chi connectivity index (χ1n) is 3.78. The highest BCUT2D eigenvalue weighted by atomic mass is 35.5. The van der Waals surface area contributed by atoms with Crippen molar-refractivity contribution >= 4 is 39.0 Å². The molecule has 0 aromatic heterocycles. The van der Waals surface area contributed by atoms with Gasteiger partial charge in [0.15, 0.2) is 0 Å². The molecule has 0 aliphatic heterocycles. The van der Waals surface area contributed by atoms with Gasteiger partial charge in [0.1, 0.15) is 5.75 Å². The van der Waals surface area contributed by atoms with Crippen molar-refractivity contribution < 1.29 is 17.9 Å². The molecule has 0 saturated carbocycles. The Kier molecular flexibility index (Phi) is 3.74. The highest BCUT2D eigenvalue weighted by Crippen LogP contribution is 2.31. The van der Waals surface area contributed by atoms with Gasteiger partial charge in [0.05, 0.1) is 15.0 Å². The first-order valence-corrected chi connectivity index (χ1v) is 6.14. The van der Waals surface area contributed by atoms with Gasteiger partial charge in [-0.3, -0.25) is 14.7 Å². The Morgan fingerprint density at radius 3 is 2.38 bits per heavy atom. The summed E-state index contributed by atoms with van der Waals surface area (Å²) in [7, 11) is -4.32. The highest BCUT2D eigenvalue weighted by Gasteiger charge is 2.18. The Bertz CT molecular complexity index is 542. The molecule has 0 spiro atoms. The molecule has 0 atom stereocenters. The number of nitro benzene ring substituents is 1. The normalized spacial score (nSPS) is 11.4. The van der Waals surface area contributed by atoms with Crippen molar-refractivity contribution in [2.75, 3.05) is 0 Å². The van der Waals surface area contributed by atoms with Gasteiger partial charge in [-0.1, -0.05) is 23.2 Å². The number of nitro groups is 1. The van der Waals surface area contributed by atoms with Crippen molar-refractivity contribution in [3.8, 4) is 0 Å². The Balaban J connectivity index is 3.33. The number of nitrogens with zero attached hydrogens (tertiary/aromatic N) is 1. The van der Waals surface area contributed by atoms with Crippen LogP contribution in [-0.2, 0) is 15.9 Å². The van der Waals surface area contributed by atoms with E-state index < -0.39 is 26.5 Å². The van der Waals surface area contributed by atoms with E-state index in [-0.39, 0.29) is 15.6 Å². The van der Waals surface area contributed by atoms with Gasteiger partial charge in [-0.05, 0) is 5.56 Å². The van der Waals surface area contributed by atoms with Gasteiger partial charge in [-0.2, -0.15) is 8.42 Å². The summed E-state index contributed by atoms with van der Waals surface area (Å²) >= 11 is 11.2. The Morgan fingerprint density at radius 2 is 1.94 bits per heavy atom. The second kappa shape index (κ2) is 4.54. The fraction of sp³-hybridized carbons (Fsp3) is 0.143. The molecule has 0 saturated heterocycles. The van der Waals surface area contributed by atoms with Crippen LogP contribution in [0.5, 0.6) is 0 Å². The molecule has 1 aromatic rings. The van der Waals surface area contributed by atoms with Crippen molar-refractivity contribution in [3.05, 3.63) is 37.9 Å². The summed E-state index contributed by atoms with van der Waals surface area (Å²) in [5, 5.41) is 10.2. The second-order valence-electron chi connectivity index (χ2n) is 2.88. The first kappa shape index (κ1) is 13.2. The molecule has 0 radical (unpaired) electrons. The smallest absolute Gasteiger partial charge is 0.271 e. The maximum absolute atomic E-state index is 10.6. The molecule has 0 aliphatic rings. The Morgan fingerprint density at radius 1 is 1.38 bits per heavy atom. The summed E-state index contributed by atoms with van der Waals surface area (Å²) in [6.07, 6.45) is 0. The molecule has 0 fully saturated rings. The zero-order valence-electron chi connectivity index (χ0n) is 7.55. The lowest BCUT2D eigenvalue weighted by molar-refractivity contribution is -0.384. The number of halogens is 2. The SMILES string of the molecule is O=[N+]([O-])c1cc(Cl)c(Cl)c(CS(=O)(=O)O)c1. The Hall–Kier alpha value is -0.890. The fourth-order valence-electron chi connectivity index (χ4n) is 1.04. The van der Waals surface area contributed by atoms with Crippen LogP contribution in [0.3, 0.4) is 0 Å². The molecule has 1 aromatic carbocycles. The minimum atomic E-state index is -4.32. The summed E-state index contributed by atoms with van der Waals surface area (Å²) in [6, 6.07) is 1.94. The van der Waals surface area contributed by atoms with E-state index in [9.17, 15) is 18.5 Å². The van der Waals surface area contributed by atoms with E-state index in [4.69, 9.17) is 27.8 Å². The van der Waals surface area contributed by atoms with E-state index in [1.165, 1.54) is 0 Å². The van der Waals surface area contributed by atoms with Crippen LogP contribution in [0.25, 0.3) is 0 Å². The van der Waals surface area contributed by atoms with E-state index >= 15 is 0 Å². The number of benzene rings is 1. The predicted molar refractivity (Wildman–Crippen MR) is 58.4 cm³/mol. The maximum atomic E-state index is 10.6. The lowest BCUT2D eigenvalue weighted by Gasteiger charge is -2.04. The number of rotatable bonds is 3. The van der Waals surface area contributed by atoms with Crippen molar-refractivity contribution in [1.29, 1.82) is 0 Å². The zero-order valence-corrected chi connectivity index (χ0v) is 9.88. The van der Waals surface area contributed by atoms with E-state index in [1.54, 1.807) is 0 Å². The van der Waals surface area contributed by atoms with Crippen LogP contribution < -0.4 is 0 Å². The maximum Gasteiger partial charge on any atom is 0.271 e. The molecule has 0 unspecified atom stereocenters. The fourth-order valence-corrected chi connectivity index (χ4v) is 2.15. The molecule has 0 bridgehead atoms. The van der Waals surface area contributed by atoms with Gasteiger partial charge < -0.3 is 0 Å². The van der Waals surface area contributed by atoms with Crippen molar-refractivity contribution in [2.45, 2.75) is 5.75 Å². The van der Waals surface area contributed by atoms with Crippen molar-refractivity contribution in [2.24, 2.45) is 0 Å². The lowest BCUT2D eigenvalue weighted by Crippen LogP contribution is -2.03. The van der Waals surface area contributed by atoms with E-state index in [0.29, 0.717) is 0 Å². The number of non-ortho nitro benzene ring substituents is 1. The lowest BCUT2D eigenvalue weighted by atomic mass is 10.2. The average molecular weight is 286 g/mol. The molecule has 9 heteroatoms. The van der Waals surface area contributed by atoms with Crippen LogP contribution in [0, 0.1) is 10.1 Å². The summed E-state index contributed by atoms with van der Waals surface area (Å²) in [6.45, 7) is 0. The van der Waals surface area contributed by atoms with Gasteiger partial charge in [-0.25, -0.2) is 0 Å². The largest absolute Gasteiger partial charge is 0.285 e. The third kappa shape index (κ3) is 3.31. The van der Waals surface area contributed by atoms with Crippen molar-refractivity contribution in [1.82, 2.24) is 0 Å². The molecule has 6 nitrogen and oxygen atoms in total. The van der Waals surface area contributed by atoms with Crippen LogP contribution in [0.15, 0.2) is 12.1 Å². The summed E-state index contributed by atoms with van der Waals surface area (Å²) < 4.78 is 29.9. The molecular weight excluding hydrogens is 281 g/mol. The predicted octanol–water partition coefficient (Wildman–Crippen LogP) is 2.29. The van der Waals surface area contributed by atoms with Crippen molar-refractivity contribution in [3.63, 3.8) is 0 Å². The molecule has 88 valence electrons. The number of hydrogen-bond acceptors (Lipinski definition) is 4. The quantitative estimate of drug-likeness (QED) is 0.522. The van der Waals surface area contributed by atoms with Gasteiger partial charge in [0, 0.05) is 12.1 Å². The topological polar surface area (TPSA) is 97.5 Å². The van der Waals surface area contributed by atoms with Crippen LogP contribution in [0.2, 0.25) is 10.0 Å². The van der Waals surface area contributed by atoms with Crippen LogP contribution in [-0.4, -0.2) is 17.9 Å². The first-order chi connectivity index (χ1) is 7.20. The molecule has 16 heavy (non-hydrogen) atoms. The minimum Gasteiger partial charge on any atom is -0.285 e. The summed E-state index contributed by atoms with van der Waals surface area (Å²) in [5.74, 6) is -0.826. The zero-order chi connectivity index (χ0) is 12.5. The molecule has 0 amide bonds. The summed E-state index contributed by atoms with van der Waals surface area (Å²) in [4.78, 5) is 9.73. The van der Waals surface area contributed by atoms with Crippen LogP contribution in [0.1, 0.15) is 5.56 Å². The molecule has 0 aliphatic carbocycles. The monoisotopic (exact) mass is 285 g/mol. The average Bonchev–Trinajstić information content (AvgIpc) is 2.10. The van der Waals surface area contributed by atoms with Gasteiger partial charge in [0.25, 0.3) is 15.8 Å². The minimum absolute atomic E-state index is 0.122. The Labute approximate surface area is 101 Å².